The maximum atomic E-state index is 11.7. The summed E-state index contributed by atoms with van der Waals surface area (Å²) in [6.45, 7) is 3.79. The van der Waals surface area contributed by atoms with Gasteiger partial charge in [0.05, 0.1) is 10.2 Å². The molecule has 0 bridgehead atoms. The number of aromatic nitrogens is 1. The maximum Gasteiger partial charge on any atom is 0.193 e. The van der Waals surface area contributed by atoms with Crippen LogP contribution in [-0.4, -0.2) is 10.8 Å². The number of fused-ring (bicyclic) bond motifs is 1. The minimum absolute atomic E-state index is 0.00834. The summed E-state index contributed by atoms with van der Waals surface area (Å²) in [5, 5.41) is 0.609. The topological polar surface area (TPSA) is 30.0 Å². The van der Waals surface area contributed by atoms with Crippen molar-refractivity contribution in [1.82, 2.24) is 4.98 Å². The number of hydrogen-bond donors (Lipinski definition) is 0. The van der Waals surface area contributed by atoms with E-state index in [0.717, 1.165) is 14.7 Å². The molecule has 0 atom stereocenters. The first-order chi connectivity index (χ1) is 7.08. The highest BCUT2D eigenvalue weighted by atomic mass is 79.9. The van der Waals surface area contributed by atoms with Crippen LogP contribution < -0.4 is 0 Å². The Bertz CT molecular complexity index is 518. The molecule has 78 valence electrons. The molecule has 0 saturated heterocycles. The van der Waals surface area contributed by atoms with E-state index in [9.17, 15) is 4.79 Å². The number of Topliss-reactive ketones (excluding diaryl/α,β-unsaturated/α-hetero) is 1. The number of nitrogens with zero attached hydrogens (tertiary/aromatic N) is 1. The number of thiazole rings is 1. The normalized spacial score (nSPS) is 11.2. The van der Waals surface area contributed by atoms with Gasteiger partial charge in [-0.15, -0.1) is 11.3 Å². The van der Waals surface area contributed by atoms with E-state index in [-0.39, 0.29) is 11.7 Å². The Morgan fingerprint density at radius 2 is 2.20 bits per heavy atom. The summed E-state index contributed by atoms with van der Waals surface area (Å²) in [6, 6.07) is 5.85. The lowest BCUT2D eigenvalue weighted by Crippen LogP contribution is -2.06. The lowest BCUT2D eigenvalue weighted by Gasteiger charge is -1.97. The van der Waals surface area contributed by atoms with E-state index in [1.165, 1.54) is 11.3 Å². The van der Waals surface area contributed by atoms with E-state index >= 15 is 0 Å². The van der Waals surface area contributed by atoms with Gasteiger partial charge in [-0.1, -0.05) is 29.8 Å². The van der Waals surface area contributed by atoms with Crippen LogP contribution in [0.15, 0.2) is 22.7 Å². The van der Waals surface area contributed by atoms with Gasteiger partial charge in [-0.05, 0) is 18.2 Å². The second kappa shape index (κ2) is 4.02. The first kappa shape index (κ1) is 10.8. The molecule has 1 heterocycles. The van der Waals surface area contributed by atoms with Crippen LogP contribution in [-0.2, 0) is 0 Å². The summed E-state index contributed by atoms with van der Waals surface area (Å²) in [5.41, 5.74) is 0.896. The Morgan fingerprint density at radius 1 is 1.47 bits per heavy atom. The molecular weight excluding hydrogens is 274 g/mol. The fourth-order valence-electron chi connectivity index (χ4n) is 1.25. The van der Waals surface area contributed by atoms with Crippen LogP contribution >= 0.6 is 27.3 Å². The van der Waals surface area contributed by atoms with Gasteiger partial charge in [0.1, 0.15) is 0 Å². The van der Waals surface area contributed by atoms with Gasteiger partial charge in [0.25, 0.3) is 0 Å². The zero-order valence-corrected chi connectivity index (χ0v) is 10.9. The standard InChI is InChI=1S/C11H10BrNOS/c1-6(2)10(14)11-13-8-4-3-7(12)5-9(8)15-11/h3-6H,1-2H3. The molecule has 0 saturated carbocycles. The van der Waals surface area contributed by atoms with E-state index in [1.54, 1.807) is 0 Å². The summed E-state index contributed by atoms with van der Waals surface area (Å²) in [4.78, 5) is 16.1. The van der Waals surface area contributed by atoms with E-state index in [0.29, 0.717) is 5.01 Å². The van der Waals surface area contributed by atoms with Crippen LogP contribution in [0.1, 0.15) is 23.6 Å². The molecule has 4 heteroatoms. The van der Waals surface area contributed by atoms with Gasteiger partial charge in [0.2, 0.25) is 0 Å². The molecule has 2 rings (SSSR count). The van der Waals surface area contributed by atoms with Gasteiger partial charge >= 0.3 is 0 Å². The first-order valence-electron chi connectivity index (χ1n) is 4.68. The molecule has 15 heavy (non-hydrogen) atoms. The van der Waals surface area contributed by atoms with Crippen molar-refractivity contribution in [2.75, 3.05) is 0 Å². The van der Waals surface area contributed by atoms with Crippen LogP contribution in [0, 0.1) is 5.92 Å². The number of carbonyl (C=O) groups excluding carboxylic acids is 1. The predicted molar refractivity (Wildman–Crippen MR) is 66.5 cm³/mol. The molecule has 1 aromatic heterocycles. The molecule has 2 aromatic rings. The fourth-order valence-corrected chi connectivity index (χ4v) is 2.86. The molecule has 0 aliphatic heterocycles. The van der Waals surface area contributed by atoms with Crippen molar-refractivity contribution < 1.29 is 4.79 Å². The zero-order valence-electron chi connectivity index (χ0n) is 8.45. The first-order valence-corrected chi connectivity index (χ1v) is 6.29. The van der Waals surface area contributed by atoms with Crippen molar-refractivity contribution in [2.24, 2.45) is 5.92 Å². The molecule has 0 unspecified atom stereocenters. The Balaban J connectivity index is 2.52. The van der Waals surface area contributed by atoms with Crippen molar-refractivity contribution in [3.05, 3.63) is 27.7 Å². The summed E-state index contributed by atoms with van der Waals surface area (Å²) < 4.78 is 2.07. The third-order valence-corrected chi connectivity index (χ3v) is 3.61. The monoisotopic (exact) mass is 283 g/mol. The van der Waals surface area contributed by atoms with Crippen LogP contribution in [0.5, 0.6) is 0 Å². The Labute approximate surface area is 100 Å². The minimum Gasteiger partial charge on any atom is -0.291 e. The van der Waals surface area contributed by atoms with Crippen LogP contribution in [0.2, 0.25) is 0 Å². The molecule has 0 aliphatic rings. The SMILES string of the molecule is CC(C)C(=O)c1nc2ccc(Br)cc2s1. The van der Waals surface area contributed by atoms with Gasteiger partial charge in [0, 0.05) is 10.4 Å². The van der Waals surface area contributed by atoms with E-state index in [2.05, 4.69) is 20.9 Å². The number of carbonyl (C=O) groups is 1. The van der Waals surface area contributed by atoms with Crippen molar-refractivity contribution in [3.8, 4) is 0 Å². The quantitative estimate of drug-likeness (QED) is 0.783. The highest BCUT2D eigenvalue weighted by Gasteiger charge is 2.15. The number of halogens is 1. The molecule has 0 aliphatic carbocycles. The minimum atomic E-state index is 0.00834. The van der Waals surface area contributed by atoms with E-state index in [1.807, 2.05) is 32.0 Å². The highest BCUT2D eigenvalue weighted by molar-refractivity contribution is 9.10. The number of rotatable bonds is 2. The van der Waals surface area contributed by atoms with Gasteiger partial charge in [0.15, 0.2) is 10.8 Å². The Morgan fingerprint density at radius 3 is 2.87 bits per heavy atom. The average Bonchev–Trinajstić information content (AvgIpc) is 2.58. The maximum absolute atomic E-state index is 11.7. The second-order valence-corrected chi connectivity index (χ2v) is 5.60. The number of hydrogen-bond acceptors (Lipinski definition) is 3. The predicted octanol–water partition coefficient (Wildman–Crippen LogP) is 3.90. The van der Waals surface area contributed by atoms with Crippen molar-refractivity contribution in [3.63, 3.8) is 0 Å². The smallest absolute Gasteiger partial charge is 0.193 e. The van der Waals surface area contributed by atoms with E-state index < -0.39 is 0 Å². The van der Waals surface area contributed by atoms with E-state index in [4.69, 9.17) is 0 Å². The molecule has 2 nitrogen and oxygen atoms in total. The second-order valence-electron chi connectivity index (χ2n) is 3.65. The third kappa shape index (κ3) is 2.11. The molecule has 0 N–H and O–H groups in total. The van der Waals surface area contributed by atoms with Crippen LogP contribution in [0.4, 0.5) is 0 Å². The molecule has 0 amide bonds. The summed E-state index contributed by atoms with van der Waals surface area (Å²) in [7, 11) is 0. The van der Waals surface area contributed by atoms with Crippen molar-refractivity contribution in [1.29, 1.82) is 0 Å². The van der Waals surface area contributed by atoms with Gasteiger partial charge < -0.3 is 0 Å². The zero-order chi connectivity index (χ0) is 11.0. The van der Waals surface area contributed by atoms with Gasteiger partial charge in [-0.2, -0.15) is 0 Å². The molecule has 0 radical (unpaired) electrons. The summed E-state index contributed by atoms with van der Waals surface area (Å²) in [5.74, 6) is 0.126. The molecular formula is C11H10BrNOS. The largest absolute Gasteiger partial charge is 0.291 e. The fraction of sp³-hybridized carbons (Fsp3) is 0.273. The average molecular weight is 284 g/mol. The van der Waals surface area contributed by atoms with Crippen LogP contribution in [0.3, 0.4) is 0 Å². The summed E-state index contributed by atoms with van der Waals surface area (Å²) >= 11 is 4.86. The molecule has 0 fully saturated rings. The van der Waals surface area contributed by atoms with Crippen molar-refractivity contribution in [2.45, 2.75) is 13.8 Å². The third-order valence-electron chi connectivity index (χ3n) is 2.09. The Hall–Kier alpha value is -0.740. The van der Waals surface area contributed by atoms with Gasteiger partial charge in [-0.25, -0.2) is 4.98 Å². The molecule has 1 aromatic carbocycles. The highest BCUT2D eigenvalue weighted by Crippen LogP contribution is 2.26. The number of benzene rings is 1. The molecule has 0 spiro atoms. The lowest BCUT2D eigenvalue weighted by molar-refractivity contribution is 0.0939. The lowest BCUT2D eigenvalue weighted by atomic mass is 10.1. The number of ketones is 1. The van der Waals surface area contributed by atoms with Gasteiger partial charge in [-0.3, -0.25) is 4.79 Å². The summed E-state index contributed by atoms with van der Waals surface area (Å²) in [6.07, 6.45) is 0. The van der Waals surface area contributed by atoms with Crippen molar-refractivity contribution >= 4 is 43.3 Å². The van der Waals surface area contributed by atoms with Crippen LogP contribution in [0.25, 0.3) is 10.2 Å². The Kier molecular flexibility index (Phi) is 2.89.